The Labute approximate surface area is 192 Å². The summed E-state index contributed by atoms with van der Waals surface area (Å²) < 4.78 is 0. The Bertz CT molecular complexity index is 635. The van der Waals surface area contributed by atoms with Crippen molar-refractivity contribution in [3.05, 3.63) is 35.9 Å². The number of aliphatic hydroxyl groups is 1. The quantitative estimate of drug-likeness (QED) is 0.254. The van der Waals surface area contributed by atoms with Gasteiger partial charge < -0.3 is 20.6 Å². The fraction of sp³-hybridized carbons (Fsp3) is 0.636. The predicted molar refractivity (Wildman–Crippen MR) is 130 cm³/mol. The fourth-order valence-corrected chi connectivity index (χ4v) is 3.24. The van der Waals surface area contributed by atoms with Crippen molar-refractivity contribution >= 4 is 35.8 Å². The highest BCUT2D eigenvalue weighted by Gasteiger charge is 2.29. The second kappa shape index (κ2) is 13.1. The van der Waals surface area contributed by atoms with Crippen LogP contribution < -0.4 is 10.6 Å². The number of hydrogen-bond acceptors (Lipinski definition) is 3. The molecule has 1 saturated heterocycles. The van der Waals surface area contributed by atoms with Crippen LogP contribution in [-0.4, -0.2) is 61.2 Å². The van der Waals surface area contributed by atoms with Gasteiger partial charge >= 0.3 is 0 Å². The maximum absolute atomic E-state index is 12.3. The molecule has 0 saturated carbocycles. The van der Waals surface area contributed by atoms with E-state index >= 15 is 0 Å². The summed E-state index contributed by atoms with van der Waals surface area (Å²) >= 11 is 0. The van der Waals surface area contributed by atoms with Gasteiger partial charge in [-0.1, -0.05) is 44.2 Å². The number of nitrogens with one attached hydrogen (secondary N) is 2. The lowest BCUT2D eigenvalue weighted by Gasteiger charge is -2.24. The first-order chi connectivity index (χ1) is 13.5. The Morgan fingerprint density at radius 3 is 2.62 bits per heavy atom. The zero-order valence-corrected chi connectivity index (χ0v) is 20.3. The van der Waals surface area contributed by atoms with Crippen molar-refractivity contribution < 1.29 is 9.90 Å². The zero-order chi connectivity index (χ0) is 20.4. The average molecular weight is 516 g/mol. The molecule has 1 aliphatic heterocycles. The van der Waals surface area contributed by atoms with Crippen LogP contribution in [0.1, 0.15) is 39.2 Å². The van der Waals surface area contributed by atoms with E-state index < -0.39 is 0 Å². The summed E-state index contributed by atoms with van der Waals surface area (Å²) in [7, 11) is 0. The Hall–Kier alpha value is -1.35. The third kappa shape index (κ3) is 8.50. The number of aliphatic hydroxyl groups excluding tert-OH is 1. The number of carbonyl (C=O) groups excluding carboxylic acids is 1. The van der Waals surface area contributed by atoms with E-state index in [-0.39, 0.29) is 41.9 Å². The van der Waals surface area contributed by atoms with E-state index in [2.05, 4.69) is 34.7 Å². The molecule has 7 heteroatoms. The van der Waals surface area contributed by atoms with E-state index in [1.54, 1.807) is 0 Å². The van der Waals surface area contributed by atoms with E-state index in [1.165, 1.54) is 5.56 Å². The van der Waals surface area contributed by atoms with E-state index in [1.807, 2.05) is 36.9 Å². The molecule has 1 aliphatic rings. The van der Waals surface area contributed by atoms with Gasteiger partial charge in [-0.2, -0.15) is 0 Å². The summed E-state index contributed by atoms with van der Waals surface area (Å²) in [5.41, 5.74) is 1.07. The van der Waals surface area contributed by atoms with Crippen LogP contribution in [0.25, 0.3) is 0 Å². The van der Waals surface area contributed by atoms with Crippen LogP contribution in [0.2, 0.25) is 0 Å². The summed E-state index contributed by atoms with van der Waals surface area (Å²) in [5.74, 6) is 1.29. The number of aliphatic imine (C=N–C) groups is 1. The number of carbonyl (C=O) groups is 1. The second-order valence-electron chi connectivity index (χ2n) is 8.04. The van der Waals surface area contributed by atoms with E-state index in [9.17, 15) is 9.90 Å². The molecule has 1 fully saturated rings. The fourth-order valence-electron chi connectivity index (χ4n) is 3.24. The van der Waals surface area contributed by atoms with Gasteiger partial charge in [0.05, 0.1) is 13.2 Å². The third-order valence-corrected chi connectivity index (χ3v) is 5.56. The average Bonchev–Trinajstić information content (AvgIpc) is 3.08. The van der Waals surface area contributed by atoms with E-state index in [4.69, 9.17) is 0 Å². The van der Waals surface area contributed by atoms with Gasteiger partial charge in [0.2, 0.25) is 5.91 Å². The zero-order valence-electron chi connectivity index (χ0n) is 18.0. The third-order valence-electron chi connectivity index (χ3n) is 5.56. The minimum absolute atomic E-state index is 0. The molecule has 0 bridgehead atoms. The predicted octanol–water partition coefficient (Wildman–Crippen LogP) is 2.66. The number of likely N-dealkylation sites (tertiary alicyclic amines) is 1. The largest absolute Gasteiger partial charge is 0.396 e. The lowest BCUT2D eigenvalue weighted by Crippen LogP contribution is -2.41. The molecule has 0 aromatic heterocycles. The first kappa shape index (κ1) is 25.7. The van der Waals surface area contributed by atoms with Crippen molar-refractivity contribution in [2.45, 2.75) is 40.0 Å². The molecule has 2 unspecified atom stereocenters. The molecule has 1 amide bonds. The van der Waals surface area contributed by atoms with Gasteiger partial charge in [-0.15, -0.1) is 24.0 Å². The molecular weight excluding hydrogens is 479 g/mol. The standard InChI is InChI=1S/C22H36N4O2.HI/c1-4-22(3,17-27)16-25-21(23-5-2)24-14-19-13-20(28)26(15-19)12-11-18-9-7-6-8-10-18;/h6-10,19,27H,4-5,11-17H2,1-3H3,(H2,23,24,25);1H. The molecule has 1 aromatic rings. The first-order valence-electron chi connectivity index (χ1n) is 10.4. The lowest BCUT2D eigenvalue weighted by atomic mass is 9.89. The van der Waals surface area contributed by atoms with Crippen LogP contribution in [0.15, 0.2) is 35.3 Å². The summed E-state index contributed by atoms with van der Waals surface area (Å²) in [6.07, 6.45) is 2.36. The molecule has 3 N–H and O–H groups in total. The summed E-state index contributed by atoms with van der Waals surface area (Å²) in [6.45, 7) is 9.91. The number of hydrogen-bond donors (Lipinski definition) is 3. The van der Waals surface area contributed by atoms with Crippen molar-refractivity contribution in [3.8, 4) is 0 Å². The van der Waals surface area contributed by atoms with Gasteiger partial charge in [-0.25, -0.2) is 0 Å². The van der Waals surface area contributed by atoms with Crippen molar-refractivity contribution in [2.24, 2.45) is 16.3 Å². The van der Waals surface area contributed by atoms with Crippen LogP contribution in [0.4, 0.5) is 0 Å². The van der Waals surface area contributed by atoms with Gasteiger partial charge in [0.1, 0.15) is 0 Å². The molecule has 2 rings (SSSR count). The summed E-state index contributed by atoms with van der Waals surface area (Å²) in [6, 6.07) is 10.3. The first-order valence-corrected chi connectivity index (χ1v) is 10.4. The van der Waals surface area contributed by atoms with E-state index in [0.717, 1.165) is 45.0 Å². The Balaban J connectivity index is 0.00000420. The van der Waals surface area contributed by atoms with E-state index in [0.29, 0.717) is 18.9 Å². The van der Waals surface area contributed by atoms with Crippen molar-refractivity contribution in [1.29, 1.82) is 0 Å². The van der Waals surface area contributed by atoms with Crippen LogP contribution >= 0.6 is 24.0 Å². The minimum Gasteiger partial charge on any atom is -0.396 e. The highest BCUT2D eigenvalue weighted by molar-refractivity contribution is 14.0. The highest BCUT2D eigenvalue weighted by atomic mass is 127. The second-order valence-corrected chi connectivity index (χ2v) is 8.04. The number of halogens is 1. The van der Waals surface area contributed by atoms with Crippen molar-refractivity contribution in [2.75, 3.05) is 39.3 Å². The van der Waals surface area contributed by atoms with Gasteiger partial charge in [0, 0.05) is 43.9 Å². The Morgan fingerprint density at radius 2 is 2.00 bits per heavy atom. The number of rotatable bonds is 10. The maximum atomic E-state index is 12.3. The molecule has 29 heavy (non-hydrogen) atoms. The molecule has 0 spiro atoms. The van der Waals surface area contributed by atoms with Crippen LogP contribution in [0.5, 0.6) is 0 Å². The van der Waals surface area contributed by atoms with Gasteiger partial charge in [0.25, 0.3) is 0 Å². The van der Waals surface area contributed by atoms with Crippen LogP contribution in [-0.2, 0) is 11.2 Å². The molecule has 164 valence electrons. The van der Waals surface area contributed by atoms with Crippen LogP contribution in [0.3, 0.4) is 0 Å². The molecule has 6 nitrogen and oxygen atoms in total. The number of amides is 1. The summed E-state index contributed by atoms with van der Waals surface area (Å²) in [4.78, 5) is 18.9. The monoisotopic (exact) mass is 516 g/mol. The normalized spacial score (nSPS) is 18.9. The Kier molecular flexibility index (Phi) is 11.6. The number of guanidine groups is 1. The molecule has 1 aromatic carbocycles. The number of nitrogens with zero attached hydrogens (tertiary/aromatic N) is 2. The highest BCUT2D eigenvalue weighted by Crippen LogP contribution is 2.20. The molecule has 0 radical (unpaired) electrons. The van der Waals surface area contributed by atoms with Gasteiger partial charge in [0.15, 0.2) is 5.96 Å². The topological polar surface area (TPSA) is 77.0 Å². The van der Waals surface area contributed by atoms with Crippen molar-refractivity contribution in [1.82, 2.24) is 15.5 Å². The molecule has 1 heterocycles. The molecular formula is C22H37IN4O2. The van der Waals surface area contributed by atoms with Crippen molar-refractivity contribution in [3.63, 3.8) is 0 Å². The summed E-state index contributed by atoms with van der Waals surface area (Å²) in [5, 5.41) is 16.2. The van der Waals surface area contributed by atoms with Gasteiger partial charge in [-0.05, 0) is 25.3 Å². The minimum atomic E-state index is -0.195. The molecule has 2 atom stereocenters. The SMILES string of the molecule is CCNC(=NCC(C)(CC)CO)NCC1CC(=O)N(CCc2ccccc2)C1.I. The smallest absolute Gasteiger partial charge is 0.223 e. The van der Waals surface area contributed by atoms with Gasteiger partial charge in [-0.3, -0.25) is 9.79 Å². The number of benzene rings is 1. The van der Waals surface area contributed by atoms with Crippen LogP contribution in [0, 0.1) is 11.3 Å². The maximum Gasteiger partial charge on any atom is 0.223 e. The lowest BCUT2D eigenvalue weighted by molar-refractivity contribution is -0.127. The molecule has 0 aliphatic carbocycles. The Morgan fingerprint density at radius 1 is 1.28 bits per heavy atom.